The van der Waals surface area contributed by atoms with E-state index in [-0.39, 0.29) is 0 Å². The number of nitrogens with zero attached hydrogens (tertiary/aromatic N) is 1. The van der Waals surface area contributed by atoms with E-state index in [0.717, 1.165) is 11.4 Å². The van der Waals surface area contributed by atoms with Crippen molar-refractivity contribution in [3.05, 3.63) is 109 Å². The van der Waals surface area contributed by atoms with E-state index in [0.29, 0.717) is 0 Å². The third-order valence-electron chi connectivity index (χ3n) is 5.04. The van der Waals surface area contributed by atoms with Gasteiger partial charge >= 0.3 is 0 Å². The van der Waals surface area contributed by atoms with Crippen molar-refractivity contribution in [3.63, 3.8) is 0 Å². The molecule has 0 saturated carbocycles. The van der Waals surface area contributed by atoms with Crippen LogP contribution in [-0.2, 0) is 0 Å². The fourth-order valence-corrected chi connectivity index (χ4v) is 3.69. The fourth-order valence-electron chi connectivity index (χ4n) is 3.69. The van der Waals surface area contributed by atoms with Crippen molar-refractivity contribution in [3.8, 4) is 0 Å². The number of allylic oxidation sites excluding steroid dienone is 2. The molecule has 0 saturated heterocycles. The molecule has 0 aliphatic heterocycles. The molecule has 1 heteroatoms. The van der Waals surface area contributed by atoms with Crippen LogP contribution in [0.4, 0.5) is 11.4 Å². The summed E-state index contributed by atoms with van der Waals surface area (Å²) in [5.74, 6) is 0. The molecule has 0 N–H and O–H groups in total. The van der Waals surface area contributed by atoms with Crippen molar-refractivity contribution in [2.45, 2.75) is 13.8 Å². The molecule has 0 fully saturated rings. The Morgan fingerprint density at radius 3 is 2.26 bits per heavy atom. The van der Waals surface area contributed by atoms with Gasteiger partial charge in [0, 0.05) is 16.8 Å². The van der Waals surface area contributed by atoms with Gasteiger partial charge in [0.25, 0.3) is 0 Å². The molecule has 0 radical (unpaired) electrons. The lowest BCUT2D eigenvalue weighted by molar-refractivity contribution is 1.21. The van der Waals surface area contributed by atoms with Crippen LogP contribution in [0.2, 0.25) is 0 Å². The van der Waals surface area contributed by atoms with Gasteiger partial charge in [-0.25, -0.2) is 0 Å². The first-order chi connectivity index (χ1) is 13.2. The minimum absolute atomic E-state index is 1.07. The predicted molar refractivity (Wildman–Crippen MR) is 119 cm³/mol. The van der Waals surface area contributed by atoms with E-state index in [2.05, 4.69) is 110 Å². The summed E-state index contributed by atoms with van der Waals surface area (Å²) < 4.78 is 0. The van der Waals surface area contributed by atoms with Gasteiger partial charge in [-0.1, -0.05) is 78.9 Å². The third-order valence-corrected chi connectivity index (χ3v) is 5.04. The first-order valence-corrected chi connectivity index (χ1v) is 9.29. The van der Waals surface area contributed by atoms with Gasteiger partial charge in [-0.3, -0.25) is 0 Å². The SMILES string of the molecule is C=C/C(=C\C)N(c1ccc(C)cc1)c1cccc2ccc3ccccc3c12. The molecule has 1 nitrogen and oxygen atoms in total. The quantitative estimate of drug-likeness (QED) is 0.272. The Morgan fingerprint density at radius 2 is 1.52 bits per heavy atom. The Balaban J connectivity index is 2.08. The molecule has 0 unspecified atom stereocenters. The average Bonchev–Trinajstić information content (AvgIpc) is 2.72. The molecule has 0 aliphatic rings. The molecule has 0 atom stereocenters. The zero-order chi connectivity index (χ0) is 18.8. The van der Waals surface area contributed by atoms with E-state index in [1.165, 1.54) is 32.8 Å². The Bertz CT molecular complexity index is 1150. The van der Waals surface area contributed by atoms with Gasteiger partial charge in [0.2, 0.25) is 0 Å². The molecule has 0 bridgehead atoms. The highest BCUT2D eigenvalue weighted by Crippen LogP contribution is 2.39. The first-order valence-electron chi connectivity index (χ1n) is 9.29. The van der Waals surface area contributed by atoms with Crippen LogP contribution in [0.5, 0.6) is 0 Å². The van der Waals surface area contributed by atoms with Crippen LogP contribution in [0.15, 0.2) is 103 Å². The maximum absolute atomic E-state index is 4.05. The molecule has 0 spiro atoms. The predicted octanol–water partition coefficient (Wildman–Crippen LogP) is 7.53. The number of fused-ring (bicyclic) bond motifs is 3. The highest BCUT2D eigenvalue weighted by molar-refractivity contribution is 6.14. The normalized spacial score (nSPS) is 11.7. The Kier molecular flexibility index (Phi) is 4.52. The molecular weight excluding hydrogens is 326 g/mol. The third kappa shape index (κ3) is 3.02. The molecule has 27 heavy (non-hydrogen) atoms. The molecule has 4 aromatic carbocycles. The van der Waals surface area contributed by atoms with Crippen LogP contribution in [-0.4, -0.2) is 0 Å². The molecule has 4 rings (SSSR count). The first kappa shape index (κ1) is 17.1. The van der Waals surface area contributed by atoms with Crippen LogP contribution in [0.3, 0.4) is 0 Å². The molecule has 132 valence electrons. The lowest BCUT2D eigenvalue weighted by Gasteiger charge is -2.28. The number of anilines is 2. The molecule has 0 aliphatic carbocycles. The summed E-state index contributed by atoms with van der Waals surface area (Å²) in [5.41, 5.74) is 4.62. The van der Waals surface area contributed by atoms with Gasteiger partial charge in [0.05, 0.1) is 5.69 Å². The van der Waals surface area contributed by atoms with Gasteiger partial charge in [-0.2, -0.15) is 0 Å². The summed E-state index contributed by atoms with van der Waals surface area (Å²) in [7, 11) is 0. The van der Waals surface area contributed by atoms with Crippen molar-refractivity contribution in [2.75, 3.05) is 4.90 Å². The van der Waals surface area contributed by atoms with E-state index < -0.39 is 0 Å². The second-order valence-corrected chi connectivity index (χ2v) is 6.75. The average molecular weight is 349 g/mol. The second-order valence-electron chi connectivity index (χ2n) is 6.75. The van der Waals surface area contributed by atoms with E-state index in [9.17, 15) is 0 Å². The summed E-state index contributed by atoms with van der Waals surface area (Å²) in [6, 6.07) is 28.1. The van der Waals surface area contributed by atoms with Crippen LogP contribution < -0.4 is 4.90 Å². The maximum atomic E-state index is 4.05. The largest absolute Gasteiger partial charge is 0.310 e. The number of hydrogen-bond donors (Lipinski definition) is 0. The topological polar surface area (TPSA) is 3.24 Å². The lowest BCUT2D eigenvalue weighted by atomic mass is 9.99. The standard InChI is InChI=1S/C26H23N/c1-4-22(5-2)27(23-17-13-19(3)14-18-23)25-12-8-10-21-16-15-20-9-6-7-11-24(20)26(21)25/h4-18H,1H2,2-3H3/b22-5+. The summed E-state index contributed by atoms with van der Waals surface area (Å²) in [4.78, 5) is 2.29. The monoisotopic (exact) mass is 349 g/mol. The fraction of sp³-hybridized carbons (Fsp3) is 0.0769. The molecule has 0 amide bonds. The Hall–Kier alpha value is -3.32. The minimum atomic E-state index is 1.07. The Labute approximate surface area is 160 Å². The van der Waals surface area contributed by atoms with Gasteiger partial charge in [-0.15, -0.1) is 0 Å². The Morgan fingerprint density at radius 1 is 0.815 bits per heavy atom. The number of benzene rings is 4. The van der Waals surface area contributed by atoms with Gasteiger partial charge < -0.3 is 4.90 Å². The van der Waals surface area contributed by atoms with E-state index in [1.54, 1.807) is 0 Å². The zero-order valence-electron chi connectivity index (χ0n) is 15.8. The van der Waals surface area contributed by atoms with Gasteiger partial charge in [0.1, 0.15) is 0 Å². The molecular formula is C26H23N. The van der Waals surface area contributed by atoms with Crippen molar-refractivity contribution in [2.24, 2.45) is 0 Å². The lowest BCUT2D eigenvalue weighted by Crippen LogP contribution is -2.15. The van der Waals surface area contributed by atoms with Crippen molar-refractivity contribution in [1.29, 1.82) is 0 Å². The van der Waals surface area contributed by atoms with Crippen molar-refractivity contribution in [1.82, 2.24) is 0 Å². The number of rotatable bonds is 4. The van der Waals surface area contributed by atoms with Gasteiger partial charge in [-0.05, 0) is 54.3 Å². The van der Waals surface area contributed by atoms with Crippen LogP contribution >= 0.6 is 0 Å². The highest BCUT2D eigenvalue weighted by atomic mass is 15.1. The molecule has 0 heterocycles. The van der Waals surface area contributed by atoms with E-state index in [1.807, 2.05) is 6.08 Å². The number of hydrogen-bond acceptors (Lipinski definition) is 1. The summed E-state index contributed by atoms with van der Waals surface area (Å²) in [6.45, 7) is 8.23. The summed E-state index contributed by atoms with van der Waals surface area (Å²) >= 11 is 0. The second kappa shape index (κ2) is 7.13. The van der Waals surface area contributed by atoms with Crippen LogP contribution in [0, 0.1) is 6.92 Å². The van der Waals surface area contributed by atoms with E-state index >= 15 is 0 Å². The van der Waals surface area contributed by atoms with Gasteiger partial charge in [0.15, 0.2) is 0 Å². The number of aryl methyl sites for hydroxylation is 1. The summed E-state index contributed by atoms with van der Waals surface area (Å²) in [5, 5.41) is 5.02. The van der Waals surface area contributed by atoms with Crippen LogP contribution in [0.1, 0.15) is 12.5 Å². The minimum Gasteiger partial charge on any atom is -0.310 e. The zero-order valence-corrected chi connectivity index (χ0v) is 15.8. The molecule has 4 aromatic rings. The summed E-state index contributed by atoms with van der Waals surface area (Å²) in [6.07, 6.45) is 4.03. The van der Waals surface area contributed by atoms with E-state index in [4.69, 9.17) is 0 Å². The smallest absolute Gasteiger partial charge is 0.0546 e. The van der Waals surface area contributed by atoms with Crippen molar-refractivity contribution >= 4 is 32.9 Å². The van der Waals surface area contributed by atoms with Crippen LogP contribution in [0.25, 0.3) is 21.5 Å². The molecule has 0 aromatic heterocycles. The maximum Gasteiger partial charge on any atom is 0.0546 e. The van der Waals surface area contributed by atoms with Crippen molar-refractivity contribution < 1.29 is 0 Å². The highest BCUT2D eigenvalue weighted by Gasteiger charge is 2.16.